The molecule has 1 aliphatic heterocycles. The summed E-state index contributed by atoms with van der Waals surface area (Å²) < 4.78 is 36.3. The van der Waals surface area contributed by atoms with Crippen LogP contribution in [0.1, 0.15) is 37.2 Å². The number of aromatic amines is 1. The van der Waals surface area contributed by atoms with E-state index >= 15 is 0 Å². The summed E-state index contributed by atoms with van der Waals surface area (Å²) in [6.45, 7) is 6.31. The predicted octanol–water partition coefficient (Wildman–Crippen LogP) is 2.58. The van der Waals surface area contributed by atoms with Crippen LogP contribution in [0.15, 0.2) is 0 Å². The van der Waals surface area contributed by atoms with Gasteiger partial charge in [0.2, 0.25) is 5.91 Å². The molecule has 0 bridgehead atoms. The molecule has 0 atom stereocenters. The maximum Gasteiger partial charge on any atom is 0.397 e. The Morgan fingerprint density at radius 1 is 1.42 bits per heavy atom. The first-order valence-corrected chi connectivity index (χ1v) is 6.24. The Kier molecular flexibility index (Phi) is 4.97. The smallest absolute Gasteiger partial charge is 0.338 e. The van der Waals surface area contributed by atoms with Crippen molar-refractivity contribution in [1.82, 2.24) is 15.1 Å². The number of aryl methyl sites for hydroxylation is 1. The molecule has 1 aliphatic rings. The van der Waals surface area contributed by atoms with E-state index in [9.17, 15) is 18.0 Å². The van der Waals surface area contributed by atoms with E-state index in [2.05, 4.69) is 10.2 Å². The average Bonchev–Trinajstić information content (AvgIpc) is 2.71. The number of nitrogens with zero attached hydrogens (tertiary/aromatic N) is 2. The van der Waals surface area contributed by atoms with Crippen LogP contribution in [0.5, 0.6) is 0 Å². The topological polar surface area (TPSA) is 49.0 Å². The SMILES string of the molecule is CC.Cc1[nH]nc2c1CN(C(=O)CC(F)(F)F)CC2. The number of carbonyl (C=O) groups is 1. The number of aromatic nitrogens is 2. The zero-order valence-corrected chi connectivity index (χ0v) is 11.3. The highest BCUT2D eigenvalue weighted by Gasteiger charge is 2.34. The fourth-order valence-corrected chi connectivity index (χ4v) is 1.93. The third-order valence-electron chi connectivity index (χ3n) is 2.83. The number of nitrogens with one attached hydrogen (secondary N) is 1. The fourth-order valence-electron chi connectivity index (χ4n) is 1.93. The van der Waals surface area contributed by atoms with Crippen molar-refractivity contribution in [3.63, 3.8) is 0 Å². The van der Waals surface area contributed by atoms with Crippen LogP contribution in [-0.4, -0.2) is 33.7 Å². The van der Waals surface area contributed by atoms with Crippen LogP contribution >= 0.6 is 0 Å². The number of hydrogen-bond donors (Lipinski definition) is 1. The second-order valence-corrected chi connectivity index (χ2v) is 4.13. The zero-order chi connectivity index (χ0) is 14.6. The first-order chi connectivity index (χ1) is 8.87. The molecule has 0 aromatic carbocycles. The lowest BCUT2D eigenvalue weighted by atomic mass is 10.1. The number of carbonyl (C=O) groups excluding carboxylic acids is 1. The number of hydrogen-bond acceptors (Lipinski definition) is 2. The van der Waals surface area contributed by atoms with Crippen molar-refractivity contribution < 1.29 is 18.0 Å². The van der Waals surface area contributed by atoms with Gasteiger partial charge in [0, 0.05) is 30.8 Å². The maximum atomic E-state index is 12.1. The van der Waals surface area contributed by atoms with Crippen molar-refractivity contribution in [3.05, 3.63) is 17.0 Å². The van der Waals surface area contributed by atoms with Crippen molar-refractivity contribution in [2.45, 2.75) is 46.3 Å². The molecule has 2 rings (SSSR count). The summed E-state index contributed by atoms with van der Waals surface area (Å²) in [7, 11) is 0. The molecule has 4 nitrogen and oxygen atoms in total. The van der Waals surface area contributed by atoms with Crippen LogP contribution in [0.25, 0.3) is 0 Å². The Hall–Kier alpha value is -1.53. The lowest BCUT2D eigenvalue weighted by Gasteiger charge is -2.27. The summed E-state index contributed by atoms with van der Waals surface area (Å²) in [5.74, 6) is -0.872. The molecule has 0 saturated carbocycles. The van der Waals surface area contributed by atoms with Crippen molar-refractivity contribution in [3.8, 4) is 0 Å². The van der Waals surface area contributed by atoms with E-state index < -0.39 is 18.5 Å². The van der Waals surface area contributed by atoms with Crippen LogP contribution in [0, 0.1) is 6.92 Å². The summed E-state index contributed by atoms with van der Waals surface area (Å²) in [6.07, 6.45) is -5.33. The van der Waals surface area contributed by atoms with Gasteiger partial charge in [-0.3, -0.25) is 9.89 Å². The monoisotopic (exact) mass is 277 g/mol. The minimum atomic E-state index is -4.44. The molecule has 1 N–H and O–H groups in total. The largest absolute Gasteiger partial charge is 0.397 e. The van der Waals surface area contributed by atoms with Gasteiger partial charge < -0.3 is 4.90 Å². The average molecular weight is 277 g/mol. The molecule has 0 radical (unpaired) electrons. The van der Waals surface area contributed by atoms with Crippen molar-refractivity contribution >= 4 is 5.91 Å². The van der Waals surface area contributed by atoms with Gasteiger partial charge in [-0.05, 0) is 6.92 Å². The number of H-pyrrole nitrogens is 1. The standard InChI is InChI=1S/C10H12F3N3O.C2H6/c1-6-7-5-16(3-2-8(7)15-14-6)9(17)4-10(11,12)13;1-2/h2-5H2,1H3,(H,14,15);1-2H3. The first-order valence-electron chi connectivity index (χ1n) is 6.24. The summed E-state index contributed by atoms with van der Waals surface area (Å²) in [5.41, 5.74) is 2.50. The molecular formula is C12H18F3N3O. The molecule has 19 heavy (non-hydrogen) atoms. The lowest BCUT2D eigenvalue weighted by molar-refractivity contribution is -0.162. The van der Waals surface area contributed by atoms with Gasteiger partial charge in [-0.1, -0.05) is 13.8 Å². The Balaban J connectivity index is 0.000000861. The van der Waals surface area contributed by atoms with Crippen molar-refractivity contribution in [1.29, 1.82) is 0 Å². The van der Waals surface area contributed by atoms with E-state index in [0.29, 0.717) is 13.0 Å². The van der Waals surface area contributed by atoms with Gasteiger partial charge in [0.1, 0.15) is 6.42 Å². The molecule has 0 spiro atoms. The van der Waals surface area contributed by atoms with Crippen LogP contribution < -0.4 is 0 Å². The highest BCUT2D eigenvalue weighted by molar-refractivity contribution is 5.77. The van der Waals surface area contributed by atoms with E-state index in [-0.39, 0.29) is 6.54 Å². The predicted molar refractivity (Wildman–Crippen MR) is 64.5 cm³/mol. The van der Waals surface area contributed by atoms with Crippen LogP contribution in [-0.2, 0) is 17.8 Å². The first kappa shape index (κ1) is 15.5. The highest BCUT2D eigenvalue weighted by Crippen LogP contribution is 2.24. The molecule has 0 fully saturated rings. The third kappa shape index (κ3) is 3.97. The second-order valence-electron chi connectivity index (χ2n) is 4.13. The van der Waals surface area contributed by atoms with Gasteiger partial charge >= 0.3 is 6.18 Å². The third-order valence-corrected chi connectivity index (χ3v) is 2.83. The molecule has 108 valence electrons. The van der Waals surface area contributed by atoms with E-state index in [0.717, 1.165) is 17.0 Å². The van der Waals surface area contributed by atoms with Crippen molar-refractivity contribution in [2.75, 3.05) is 6.54 Å². The maximum absolute atomic E-state index is 12.1. The fraction of sp³-hybridized carbons (Fsp3) is 0.667. The second kappa shape index (κ2) is 6.08. The van der Waals surface area contributed by atoms with Crippen molar-refractivity contribution in [2.24, 2.45) is 0 Å². The van der Waals surface area contributed by atoms with Gasteiger partial charge in [-0.15, -0.1) is 0 Å². The van der Waals surface area contributed by atoms with Gasteiger partial charge in [0.05, 0.1) is 5.69 Å². The van der Waals surface area contributed by atoms with Crippen LogP contribution in [0.3, 0.4) is 0 Å². The van der Waals surface area contributed by atoms with E-state index in [1.165, 1.54) is 4.90 Å². The molecule has 0 unspecified atom stereocenters. The Morgan fingerprint density at radius 3 is 2.63 bits per heavy atom. The number of amides is 1. The van der Waals surface area contributed by atoms with E-state index in [1.807, 2.05) is 13.8 Å². The molecular weight excluding hydrogens is 259 g/mol. The van der Waals surface area contributed by atoms with Gasteiger partial charge in [-0.2, -0.15) is 18.3 Å². The number of alkyl halides is 3. The summed E-state index contributed by atoms with van der Waals surface area (Å²) >= 11 is 0. The molecule has 7 heteroatoms. The molecule has 0 aliphatic carbocycles. The molecule has 1 amide bonds. The highest BCUT2D eigenvalue weighted by atomic mass is 19.4. The van der Waals surface area contributed by atoms with Crippen LogP contribution in [0.4, 0.5) is 13.2 Å². The van der Waals surface area contributed by atoms with Crippen LogP contribution in [0.2, 0.25) is 0 Å². The Bertz CT molecular complexity index is 440. The number of halogens is 3. The quantitative estimate of drug-likeness (QED) is 0.857. The summed E-state index contributed by atoms with van der Waals surface area (Å²) in [5, 5.41) is 6.82. The molecule has 1 aromatic rings. The van der Waals surface area contributed by atoms with Gasteiger partial charge in [0.15, 0.2) is 0 Å². The molecule has 2 heterocycles. The van der Waals surface area contributed by atoms with Gasteiger partial charge in [-0.25, -0.2) is 0 Å². The number of rotatable bonds is 1. The summed E-state index contributed by atoms with van der Waals surface area (Å²) in [4.78, 5) is 12.7. The molecule has 0 saturated heterocycles. The van der Waals surface area contributed by atoms with Gasteiger partial charge in [0.25, 0.3) is 0 Å². The van der Waals surface area contributed by atoms with E-state index in [4.69, 9.17) is 0 Å². The minimum absolute atomic E-state index is 0.215. The lowest BCUT2D eigenvalue weighted by Crippen LogP contribution is -2.38. The summed E-state index contributed by atoms with van der Waals surface area (Å²) in [6, 6.07) is 0. The number of fused-ring (bicyclic) bond motifs is 1. The Morgan fingerprint density at radius 2 is 2.05 bits per heavy atom. The minimum Gasteiger partial charge on any atom is -0.338 e. The zero-order valence-electron chi connectivity index (χ0n) is 11.3. The van der Waals surface area contributed by atoms with E-state index in [1.54, 1.807) is 6.92 Å². The Labute approximate surface area is 110 Å². The molecule has 1 aromatic heterocycles. The normalized spacial score (nSPS) is 14.5.